The number of hydrogen-bond acceptors (Lipinski definition) is 3. The highest BCUT2D eigenvalue weighted by molar-refractivity contribution is 6.00. The van der Waals surface area contributed by atoms with Crippen LogP contribution in [0.5, 0.6) is 0 Å². The van der Waals surface area contributed by atoms with Gasteiger partial charge in [0.25, 0.3) is 5.91 Å². The molecule has 2 aromatic carbocycles. The van der Waals surface area contributed by atoms with Crippen molar-refractivity contribution in [1.82, 2.24) is 10.6 Å². The molecule has 3 rings (SSSR count). The average molecular weight is 402 g/mol. The molecule has 0 bridgehead atoms. The third kappa shape index (κ3) is 6.00. The van der Waals surface area contributed by atoms with Crippen molar-refractivity contribution in [2.45, 2.75) is 12.8 Å². The van der Waals surface area contributed by atoms with Gasteiger partial charge in [-0.3, -0.25) is 9.59 Å². The lowest BCUT2D eigenvalue weighted by Crippen LogP contribution is -2.35. The Morgan fingerprint density at radius 3 is 2.28 bits per heavy atom. The molecule has 0 heterocycles. The first-order chi connectivity index (χ1) is 13.9. The molecule has 4 amide bonds. The minimum atomic E-state index is -0.762. The molecule has 0 radical (unpaired) electrons. The first kappa shape index (κ1) is 20.2. The van der Waals surface area contributed by atoms with Crippen molar-refractivity contribution in [1.29, 1.82) is 0 Å². The van der Waals surface area contributed by atoms with E-state index < -0.39 is 17.7 Å². The van der Waals surface area contributed by atoms with Crippen LogP contribution in [0, 0.1) is 17.6 Å². The molecule has 1 fully saturated rings. The van der Waals surface area contributed by atoms with Crippen LogP contribution in [-0.2, 0) is 4.79 Å². The van der Waals surface area contributed by atoms with Gasteiger partial charge in [-0.1, -0.05) is 0 Å². The van der Waals surface area contributed by atoms with Gasteiger partial charge in [-0.15, -0.1) is 0 Å². The van der Waals surface area contributed by atoms with Gasteiger partial charge in [0.15, 0.2) is 0 Å². The highest BCUT2D eigenvalue weighted by Gasteiger charge is 2.28. The van der Waals surface area contributed by atoms with Gasteiger partial charge in [-0.25, -0.2) is 13.6 Å². The number of amides is 4. The van der Waals surface area contributed by atoms with E-state index in [4.69, 9.17) is 0 Å². The van der Waals surface area contributed by atoms with E-state index in [-0.39, 0.29) is 23.4 Å². The van der Waals surface area contributed by atoms with Crippen LogP contribution in [0.4, 0.5) is 25.0 Å². The Balaban J connectivity index is 1.45. The molecular formula is C20H20F2N4O3. The summed E-state index contributed by atoms with van der Waals surface area (Å²) >= 11 is 0. The predicted octanol–water partition coefficient (Wildman–Crippen LogP) is 2.86. The summed E-state index contributed by atoms with van der Waals surface area (Å²) in [6.07, 6.45) is 1.85. The lowest BCUT2D eigenvalue weighted by Gasteiger charge is -2.10. The summed E-state index contributed by atoms with van der Waals surface area (Å²) in [7, 11) is 0. The van der Waals surface area contributed by atoms with Crippen molar-refractivity contribution in [3.8, 4) is 0 Å². The number of anilines is 2. The molecule has 0 saturated heterocycles. The number of hydrogen-bond donors (Lipinski definition) is 4. The highest BCUT2D eigenvalue weighted by atomic mass is 19.1. The molecule has 29 heavy (non-hydrogen) atoms. The Hall–Kier alpha value is -3.49. The highest BCUT2D eigenvalue weighted by Crippen LogP contribution is 2.28. The van der Waals surface area contributed by atoms with Gasteiger partial charge in [0, 0.05) is 36.3 Å². The van der Waals surface area contributed by atoms with E-state index in [0.29, 0.717) is 24.3 Å². The molecule has 1 aliphatic rings. The Bertz CT molecular complexity index is 914. The summed E-state index contributed by atoms with van der Waals surface area (Å²) in [5.74, 6) is -1.61. The van der Waals surface area contributed by atoms with E-state index >= 15 is 0 Å². The van der Waals surface area contributed by atoms with Crippen LogP contribution in [0.1, 0.15) is 23.2 Å². The van der Waals surface area contributed by atoms with Crippen molar-refractivity contribution in [2.24, 2.45) is 5.92 Å². The largest absolute Gasteiger partial charge is 0.354 e. The monoisotopic (exact) mass is 402 g/mol. The van der Waals surface area contributed by atoms with Gasteiger partial charge in [0.05, 0.1) is 5.69 Å². The fourth-order valence-electron chi connectivity index (χ4n) is 2.54. The Morgan fingerprint density at radius 2 is 1.59 bits per heavy atom. The number of halogens is 2. The van der Waals surface area contributed by atoms with Crippen LogP contribution in [0.15, 0.2) is 42.5 Å². The minimum absolute atomic E-state index is 0.0195. The Labute approximate surface area is 165 Å². The third-order valence-electron chi connectivity index (χ3n) is 4.24. The fourth-order valence-corrected chi connectivity index (χ4v) is 2.54. The number of benzene rings is 2. The van der Waals surface area contributed by atoms with E-state index in [0.717, 1.165) is 31.0 Å². The normalized spacial score (nSPS) is 12.8. The summed E-state index contributed by atoms with van der Waals surface area (Å²) < 4.78 is 26.7. The van der Waals surface area contributed by atoms with Gasteiger partial charge in [-0.05, 0) is 49.2 Å². The topological polar surface area (TPSA) is 99.3 Å². The Morgan fingerprint density at radius 1 is 0.897 bits per heavy atom. The van der Waals surface area contributed by atoms with Crippen molar-refractivity contribution in [3.05, 3.63) is 59.7 Å². The molecule has 7 nitrogen and oxygen atoms in total. The van der Waals surface area contributed by atoms with Crippen LogP contribution in [0.25, 0.3) is 0 Å². The molecule has 2 aromatic rings. The van der Waals surface area contributed by atoms with E-state index in [1.165, 1.54) is 24.3 Å². The number of carbonyl (C=O) groups excluding carboxylic acids is 3. The molecule has 4 N–H and O–H groups in total. The van der Waals surface area contributed by atoms with Gasteiger partial charge in [0.1, 0.15) is 11.6 Å². The lowest BCUT2D eigenvalue weighted by atomic mass is 10.2. The first-order valence-electron chi connectivity index (χ1n) is 9.11. The minimum Gasteiger partial charge on any atom is -0.354 e. The molecule has 0 aliphatic heterocycles. The Kier molecular flexibility index (Phi) is 6.38. The summed E-state index contributed by atoms with van der Waals surface area (Å²) in [4.78, 5) is 35.5. The number of rotatable bonds is 7. The second-order valence-corrected chi connectivity index (χ2v) is 6.60. The van der Waals surface area contributed by atoms with E-state index in [2.05, 4.69) is 21.3 Å². The standard InChI is InChI=1S/C20H20F2N4O3/c21-14-5-8-16(22)17(11-14)26-20(29)25-15-6-3-13(4-7-15)19(28)24-10-9-23-18(27)12-1-2-12/h3-8,11-12H,1-2,9-10H2,(H,23,27)(H,24,28)(H2,25,26,29). The summed E-state index contributed by atoms with van der Waals surface area (Å²) in [6.45, 7) is 0.663. The fraction of sp³-hybridized carbons (Fsp3) is 0.250. The van der Waals surface area contributed by atoms with E-state index in [1.54, 1.807) is 0 Å². The summed E-state index contributed by atoms with van der Waals surface area (Å²) in [5, 5.41) is 10.1. The van der Waals surface area contributed by atoms with Crippen molar-refractivity contribution in [3.63, 3.8) is 0 Å². The van der Waals surface area contributed by atoms with Crippen LogP contribution in [-0.4, -0.2) is 30.9 Å². The molecule has 1 saturated carbocycles. The summed E-state index contributed by atoms with van der Waals surface area (Å²) in [6, 6.07) is 8.01. The third-order valence-corrected chi connectivity index (χ3v) is 4.24. The second kappa shape index (κ2) is 9.13. The molecule has 9 heteroatoms. The molecule has 0 unspecified atom stereocenters. The van der Waals surface area contributed by atoms with Gasteiger partial charge in [-0.2, -0.15) is 0 Å². The molecule has 0 atom stereocenters. The number of urea groups is 1. The molecule has 152 valence electrons. The quantitative estimate of drug-likeness (QED) is 0.536. The number of carbonyl (C=O) groups is 3. The van der Waals surface area contributed by atoms with Crippen LogP contribution in [0.3, 0.4) is 0 Å². The predicted molar refractivity (Wildman–Crippen MR) is 104 cm³/mol. The first-order valence-corrected chi connectivity index (χ1v) is 9.11. The zero-order valence-corrected chi connectivity index (χ0v) is 15.4. The van der Waals surface area contributed by atoms with Gasteiger partial charge >= 0.3 is 6.03 Å². The molecule has 0 aromatic heterocycles. The van der Waals surface area contributed by atoms with E-state index in [9.17, 15) is 23.2 Å². The smallest absolute Gasteiger partial charge is 0.323 e. The van der Waals surface area contributed by atoms with Crippen molar-refractivity contribution < 1.29 is 23.2 Å². The molecule has 1 aliphatic carbocycles. The van der Waals surface area contributed by atoms with Crippen molar-refractivity contribution in [2.75, 3.05) is 23.7 Å². The maximum atomic E-state index is 13.5. The zero-order valence-electron chi connectivity index (χ0n) is 15.4. The lowest BCUT2D eigenvalue weighted by molar-refractivity contribution is -0.122. The van der Waals surface area contributed by atoms with Crippen LogP contribution < -0.4 is 21.3 Å². The maximum Gasteiger partial charge on any atom is 0.323 e. The van der Waals surface area contributed by atoms with E-state index in [1.807, 2.05) is 0 Å². The zero-order chi connectivity index (χ0) is 20.8. The second-order valence-electron chi connectivity index (χ2n) is 6.60. The van der Waals surface area contributed by atoms with Crippen LogP contribution in [0.2, 0.25) is 0 Å². The molecule has 0 spiro atoms. The maximum absolute atomic E-state index is 13.5. The van der Waals surface area contributed by atoms with Gasteiger partial charge in [0.2, 0.25) is 5.91 Å². The SMILES string of the molecule is O=C(Nc1ccc(C(=O)NCCNC(=O)C2CC2)cc1)Nc1cc(F)ccc1F. The van der Waals surface area contributed by atoms with Gasteiger partial charge < -0.3 is 21.3 Å². The average Bonchev–Trinajstić information content (AvgIpc) is 3.53. The van der Waals surface area contributed by atoms with Crippen molar-refractivity contribution >= 4 is 29.2 Å². The van der Waals surface area contributed by atoms with Crippen LogP contribution >= 0.6 is 0 Å². The molecular weight excluding hydrogens is 382 g/mol. The number of nitrogens with one attached hydrogen (secondary N) is 4. The summed E-state index contributed by atoms with van der Waals surface area (Å²) in [5.41, 5.74) is 0.459.